The van der Waals surface area contributed by atoms with Gasteiger partial charge in [-0.25, -0.2) is 4.39 Å². The van der Waals surface area contributed by atoms with Crippen molar-refractivity contribution in [2.75, 3.05) is 0 Å². The van der Waals surface area contributed by atoms with Crippen LogP contribution in [-0.2, 0) is 18.4 Å². The molecule has 7 heteroatoms. The number of rotatable bonds is 2. The van der Waals surface area contributed by atoms with E-state index in [1.54, 1.807) is 12.1 Å². The van der Waals surface area contributed by atoms with Gasteiger partial charge in [-0.1, -0.05) is 25.9 Å². The van der Waals surface area contributed by atoms with E-state index in [0.717, 1.165) is 36.6 Å². The Morgan fingerprint density at radius 2 is 1.92 bits per heavy atom. The molecule has 0 saturated carbocycles. The van der Waals surface area contributed by atoms with Gasteiger partial charge in [-0.3, -0.25) is 0 Å². The highest BCUT2D eigenvalue weighted by molar-refractivity contribution is 5.53. The molecule has 0 radical (unpaired) electrons. The highest BCUT2D eigenvalue weighted by Crippen LogP contribution is 2.32. The summed E-state index contributed by atoms with van der Waals surface area (Å²) in [7, 11) is 0. The fourth-order valence-electron chi connectivity index (χ4n) is 3.21. The topological polar surface area (TPSA) is 69.6 Å². The molecule has 3 heterocycles. The molecule has 2 aromatic heterocycles. The van der Waals surface area contributed by atoms with Gasteiger partial charge in [0.25, 0.3) is 0 Å². The number of fused-ring (bicyclic) bond motifs is 1. The number of aromatic nitrogens is 5. The van der Waals surface area contributed by atoms with E-state index in [1.807, 2.05) is 0 Å². The standard InChI is InChI=1S/C18H20FN5O/c1-18(2,3)17-22-21-14-10-12(8-9-24(14)17)16-20-15(23-25-16)11-4-6-13(19)7-5-11/h4-7,12H,8-10H2,1-3H3. The molecule has 130 valence electrons. The highest BCUT2D eigenvalue weighted by atomic mass is 19.1. The van der Waals surface area contributed by atoms with Crippen LogP contribution in [0.25, 0.3) is 11.4 Å². The van der Waals surface area contributed by atoms with Gasteiger partial charge in [0.2, 0.25) is 11.7 Å². The second-order valence-corrected chi connectivity index (χ2v) is 7.49. The Labute approximate surface area is 145 Å². The van der Waals surface area contributed by atoms with Crippen molar-refractivity contribution in [3.63, 3.8) is 0 Å². The molecular weight excluding hydrogens is 321 g/mol. The van der Waals surface area contributed by atoms with Gasteiger partial charge in [0.15, 0.2) is 0 Å². The molecule has 1 aromatic carbocycles. The molecule has 0 aliphatic carbocycles. The van der Waals surface area contributed by atoms with Crippen molar-refractivity contribution in [1.29, 1.82) is 0 Å². The summed E-state index contributed by atoms with van der Waals surface area (Å²) in [6.07, 6.45) is 1.63. The normalized spacial score (nSPS) is 17.5. The Kier molecular flexibility index (Phi) is 3.67. The summed E-state index contributed by atoms with van der Waals surface area (Å²) >= 11 is 0. The molecule has 25 heavy (non-hydrogen) atoms. The van der Waals surface area contributed by atoms with E-state index in [9.17, 15) is 4.39 Å². The van der Waals surface area contributed by atoms with Gasteiger partial charge in [-0.15, -0.1) is 10.2 Å². The molecule has 0 amide bonds. The minimum atomic E-state index is -0.284. The fraction of sp³-hybridized carbons (Fsp3) is 0.444. The lowest BCUT2D eigenvalue weighted by atomic mass is 9.93. The third-order valence-electron chi connectivity index (χ3n) is 4.52. The van der Waals surface area contributed by atoms with Crippen molar-refractivity contribution >= 4 is 0 Å². The molecule has 0 saturated heterocycles. The van der Waals surface area contributed by atoms with Crippen LogP contribution in [0.1, 0.15) is 50.6 Å². The van der Waals surface area contributed by atoms with E-state index in [2.05, 4.69) is 45.7 Å². The van der Waals surface area contributed by atoms with Crippen LogP contribution >= 0.6 is 0 Å². The third-order valence-corrected chi connectivity index (χ3v) is 4.52. The van der Waals surface area contributed by atoms with E-state index in [1.165, 1.54) is 12.1 Å². The van der Waals surface area contributed by atoms with Crippen molar-refractivity contribution in [3.05, 3.63) is 47.6 Å². The zero-order valence-corrected chi connectivity index (χ0v) is 14.5. The van der Waals surface area contributed by atoms with Gasteiger partial charge in [-0.05, 0) is 30.7 Å². The van der Waals surface area contributed by atoms with Gasteiger partial charge in [0.05, 0.1) is 0 Å². The van der Waals surface area contributed by atoms with E-state index >= 15 is 0 Å². The lowest BCUT2D eigenvalue weighted by Gasteiger charge is -2.24. The average Bonchev–Trinajstić information content (AvgIpc) is 3.21. The largest absolute Gasteiger partial charge is 0.339 e. The third kappa shape index (κ3) is 2.94. The molecule has 0 fully saturated rings. The second kappa shape index (κ2) is 5.75. The van der Waals surface area contributed by atoms with Crippen LogP contribution < -0.4 is 0 Å². The van der Waals surface area contributed by atoms with Crippen molar-refractivity contribution in [1.82, 2.24) is 24.9 Å². The van der Waals surface area contributed by atoms with Crippen LogP contribution in [0, 0.1) is 5.82 Å². The summed E-state index contributed by atoms with van der Waals surface area (Å²) in [6, 6.07) is 6.08. The first-order chi connectivity index (χ1) is 11.9. The molecule has 0 bridgehead atoms. The zero-order chi connectivity index (χ0) is 17.6. The fourth-order valence-corrected chi connectivity index (χ4v) is 3.21. The molecule has 1 unspecified atom stereocenters. The number of hydrogen-bond acceptors (Lipinski definition) is 5. The second-order valence-electron chi connectivity index (χ2n) is 7.49. The van der Waals surface area contributed by atoms with Crippen LogP contribution in [0.4, 0.5) is 4.39 Å². The Hall–Kier alpha value is -2.57. The van der Waals surface area contributed by atoms with Crippen molar-refractivity contribution < 1.29 is 8.91 Å². The number of benzene rings is 1. The van der Waals surface area contributed by atoms with Crippen molar-refractivity contribution in [2.24, 2.45) is 0 Å². The molecule has 4 rings (SSSR count). The predicted molar refractivity (Wildman–Crippen MR) is 89.5 cm³/mol. The van der Waals surface area contributed by atoms with Gasteiger partial charge < -0.3 is 9.09 Å². The summed E-state index contributed by atoms with van der Waals surface area (Å²) in [6.45, 7) is 7.27. The average molecular weight is 341 g/mol. The zero-order valence-electron chi connectivity index (χ0n) is 14.5. The van der Waals surface area contributed by atoms with Crippen LogP contribution in [0.15, 0.2) is 28.8 Å². The summed E-state index contributed by atoms with van der Waals surface area (Å²) in [5.74, 6) is 2.91. The first-order valence-electron chi connectivity index (χ1n) is 8.44. The smallest absolute Gasteiger partial charge is 0.230 e. The van der Waals surface area contributed by atoms with Gasteiger partial charge >= 0.3 is 0 Å². The Morgan fingerprint density at radius 1 is 1.16 bits per heavy atom. The maximum atomic E-state index is 13.0. The van der Waals surface area contributed by atoms with Gasteiger partial charge in [-0.2, -0.15) is 4.98 Å². The first-order valence-corrected chi connectivity index (χ1v) is 8.44. The summed E-state index contributed by atoms with van der Waals surface area (Å²) in [5.41, 5.74) is 0.712. The molecule has 3 aromatic rings. The lowest BCUT2D eigenvalue weighted by molar-refractivity contribution is 0.319. The lowest BCUT2D eigenvalue weighted by Crippen LogP contribution is -2.25. The molecule has 1 atom stereocenters. The Balaban J connectivity index is 1.57. The quantitative estimate of drug-likeness (QED) is 0.713. The van der Waals surface area contributed by atoms with Crippen molar-refractivity contribution in [3.8, 4) is 11.4 Å². The van der Waals surface area contributed by atoms with Crippen molar-refractivity contribution in [2.45, 2.75) is 51.5 Å². The SMILES string of the molecule is CC(C)(C)c1nnc2n1CCC(c1nc(-c3ccc(F)cc3)no1)C2. The molecule has 1 aliphatic rings. The van der Waals surface area contributed by atoms with Crippen LogP contribution in [-0.4, -0.2) is 24.9 Å². The maximum absolute atomic E-state index is 13.0. The number of nitrogens with zero attached hydrogens (tertiary/aromatic N) is 5. The molecule has 1 aliphatic heterocycles. The minimum absolute atomic E-state index is 0.0294. The predicted octanol–water partition coefficient (Wildman–Crippen LogP) is 3.49. The molecule has 0 N–H and O–H groups in total. The molecular formula is C18H20FN5O. The van der Waals surface area contributed by atoms with Crippen LogP contribution in [0.5, 0.6) is 0 Å². The number of hydrogen-bond donors (Lipinski definition) is 0. The minimum Gasteiger partial charge on any atom is -0.339 e. The van der Waals surface area contributed by atoms with Crippen LogP contribution in [0.2, 0.25) is 0 Å². The summed E-state index contributed by atoms with van der Waals surface area (Å²) < 4.78 is 20.7. The molecule has 0 spiro atoms. The molecule has 6 nitrogen and oxygen atoms in total. The highest BCUT2D eigenvalue weighted by Gasteiger charge is 2.31. The van der Waals surface area contributed by atoms with Gasteiger partial charge in [0, 0.05) is 29.9 Å². The Bertz CT molecular complexity index is 891. The van der Waals surface area contributed by atoms with Crippen LogP contribution in [0.3, 0.4) is 0 Å². The van der Waals surface area contributed by atoms with E-state index in [0.29, 0.717) is 11.7 Å². The van der Waals surface area contributed by atoms with Gasteiger partial charge in [0.1, 0.15) is 17.5 Å². The monoisotopic (exact) mass is 341 g/mol. The maximum Gasteiger partial charge on any atom is 0.230 e. The Morgan fingerprint density at radius 3 is 2.64 bits per heavy atom. The number of halogens is 1. The summed E-state index contributed by atoms with van der Waals surface area (Å²) in [4.78, 5) is 4.50. The van der Waals surface area contributed by atoms with E-state index in [-0.39, 0.29) is 17.2 Å². The van der Waals surface area contributed by atoms with E-state index in [4.69, 9.17) is 4.52 Å². The first kappa shape index (κ1) is 15.9. The summed E-state index contributed by atoms with van der Waals surface area (Å²) in [5, 5.41) is 12.8. The van der Waals surface area contributed by atoms with E-state index < -0.39 is 0 Å².